The molecule has 0 aliphatic carbocycles. The van der Waals surface area contributed by atoms with Crippen molar-refractivity contribution in [2.24, 2.45) is 0 Å². The molecule has 3 aromatic rings. The fourth-order valence-corrected chi connectivity index (χ4v) is 3.07. The fraction of sp³-hybridized carbons (Fsp3) is 0.240. The Morgan fingerprint density at radius 1 is 1.09 bits per heavy atom. The normalized spacial score (nSPS) is 12.1. The minimum atomic E-state index is -0.590. The van der Waals surface area contributed by atoms with Crippen LogP contribution in [-0.2, 0) is 4.74 Å². The summed E-state index contributed by atoms with van der Waals surface area (Å²) in [5.74, 6) is -1.18. The predicted molar refractivity (Wildman–Crippen MR) is 123 cm³/mol. The number of hydrogen-bond donors (Lipinski definition) is 1. The first kappa shape index (κ1) is 24.2. The van der Waals surface area contributed by atoms with Gasteiger partial charge < -0.3 is 14.8 Å². The van der Waals surface area contributed by atoms with Gasteiger partial charge in [-0.1, -0.05) is 29.8 Å². The van der Waals surface area contributed by atoms with Gasteiger partial charge in [-0.3, -0.25) is 4.79 Å². The average Bonchev–Trinajstić information content (AvgIpc) is 2.74. The van der Waals surface area contributed by atoms with E-state index in [9.17, 15) is 14.0 Å². The van der Waals surface area contributed by atoms with Crippen LogP contribution in [0.25, 0.3) is 0 Å². The van der Waals surface area contributed by atoms with Crippen LogP contribution >= 0.6 is 11.6 Å². The van der Waals surface area contributed by atoms with Crippen LogP contribution in [0.1, 0.15) is 60.0 Å². The summed E-state index contributed by atoms with van der Waals surface area (Å²) in [6.45, 7) is 7.20. The summed E-state index contributed by atoms with van der Waals surface area (Å²) in [6, 6.07) is 13.3. The molecule has 0 saturated carbocycles. The molecule has 0 aliphatic heterocycles. The lowest BCUT2D eigenvalue weighted by atomic mass is 10.1. The zero-order valence-corrected chi connectivity index (χ0v) is 19.4. The standard InChI is InChI=1S/C25H24ClFN2O4/c1-15(16-8-10-17(11-9-16)24(31)33-25(2,3)4)29-22(30)21-12-18(26)14-28-23(21)32-20-7-5-6-19(27)13-20/h5-15H,1-4H3,(H,29,30). The molecule has 0 bridgehead atoms. The minimum absolute atomic E-state index is 0.00465. The van der Waals surface area contributed by atoms with Crippen molar-refractivity contribution >= 4 is 23.5 Å². The predicted octanol–water partition coefficient (Wildman–Crippen LogP) is 6.11. The maximum absolute atomic E-state index is 13.5. The zero-order chi connectivity index (χ0) is 24.2. The lowest BCUT2D eigenvalue weighted by Crippen LogP contribution is -2.27. The number of pyridine rings is 1. The van der Waals surface area contributed by atoms with Crippen molar-refractivity contribution in [2.45, 2.75) is 39.3 Å². The van der Waals surface area contributed by atoms with Gasteiger partial charge in [0.25, 0.3) is 5.91 Å². The molecule has 0 radical (unpaired) electrons. The van der Waals surface area contributed by atoms with E-state index < -0.39 is 29.3 Å². The zero-order valence-electron chi connectivity index (χ0n) is 18.7. The molecule has 0 fully saturated rings. The highest BCUT2D eigenvalue weighted by molar-refractivity contribution is 6.30. The molecule has 1 unspecified atom stereocenters. The first-order chi connectivity index (χ1) is 15.5. The summed E-state index contributed by atoms with van der Waals surface area (Å²) in [4.78, 5) is 29.2. The molecule has 1 heterocycles. The van der Waals surface area contributed by atoms with Gasteiger partial charge >= 0.3 is 5.97 Å². The number of nitrogens with one attached hydrogen (secondary N) is 1. The Morgan fingerprint density at radius 3 is 2.42 bits per heavy atom. The third-order valence-electron chi connectivity index (χ3n) is 4.47. The number of aromatic nitrogens is 1. The van der Waals surface area contributed by atoms with Crippen molar-refractivity contribution in [1.29, 1.82) is 0 Å². The Hall–Kier alpha value is -3.45. The smallest absolute Gasteiger partial charge is 0.338 e. The molecule has 1 atom stereocenters. The van der Waals surface area contributed by atoms with E-state index in [1.54, 1.807) is 58.0 Å². The number of amides is 1. The first-order valence-corrected chi connectivity index (χ1v) is 10.6. The molecule has 172 valence electrons. The summed E-state index contributed by atoms with van der Waals surface area (Å²) in [5, 5.41) is 3.11. The number of carbonyl (C=O) groups excluding carboxylic acids is 2. The second kappa shape index (κ2) is 10.0. The van der Waals surface area contributed by atoms with Gasteiger partial charge in [-0.2, -0.15) is 0 Å². The van der Waals surface area contributed by atoms with Crippen LogP contribution < -0.4 is 10.1 Å². The molecule has 3 rings (SSSR count). The number of rotatable bonds is 6. The van der Waals surface area contributed by atoms with Crippen molar-refractivity contribution in [3.05, 3.63) is 88.3 Å². The number of benzene rings is 2. The Morgan fingerprint density at radius 2 is 1.79 bits per heavy atom. The summed E-state index contributed by atoms with van der Waals surface area (Å²) in [6.07, 6.45) is 1.34. The minimum Gasteiger partial charge on any atom is -0.456 e. The molecule has 1 amide bonds. The SMILES string of the molecule is CC(NC(=O)c1cc(Cl)cnc1Oc1cccc(F)c1)c1ccc(C(=O)OC(C)(C)C)cc1. The lowest BCUT2D eigenvalue weighted by molar-refractivity contribution is 0.00693. The first-order valence-electron chi connectivity index (χ1n) is 10.2. The van der Waals surface area contributed by atoms with Crippen LogP contribution in [0.3, 0.4) is 0 Å². The van der Waals surface area contributed by atoms with Gasteiger partial charge in [0.2, 0.25) is 5.88 Å². The summed E-state index contributed by atoms with van der Waals surface area (Å²) in [5.41, 5.74) is 0.701. The van der Waals surface area contributed by atoms with Crippen LogP contribution in [0.5, 0.6) is 11.6 Å². The Labute approximate surface area is 196 Å². The largest absolute Gasteiger partial charge is 0.456 e. The van der Waals surface area contributed by atoms with Gasteiger partial charge in [-0.25, -0.2) is 14.2 Å². The maximum Gasteiger partial charge on any atom is 0.338 e. The number of hydrogen-bond acceptors (Lipinski definition) is 5. The molecule has 6 nitrogen and oxygen atoms in total. The van der Waals surface area contributed by atoms with Crippen molar-refractivity contribution in [2.75, 3.05) is 0 Å². The van der Waals surface area contributed by atoms with Gasteiger partial charge in [0, 0.05) is 12.3 Å². The Kier molecular flexibility index (Phi) is 7.33. The molecule has 8 heteroatoms. The van der Waals surface area contributed by atoms with Gasteiger partial charge in [0.05, 0.1) is 16.6 Å². The quantitative estimate of drug-likeness (QED) is 0.439. The summed E-state index contributed by atoms with van der Waals surface area (Å²) in [7, 11) is 0. The number of halogens is 2. The van der Waals surface area contributed by atoms with Crippen molar-refractivity contribution in [1.82, 2.24) is 10.3 Å². The average molecular weight is 471 g/mol. The number of esters is 1. The van der Waals surface area contributed by atoms with Crippen LogP contribution in [0.15, 0.2) is 60.8 Å². The highest BCUT2D eigenvalue weighted by Crippen LogP contribution is 2.27. The van der Waals surface area contributed by atoms with Crippen LogP contribution in [0.2, 0.25) is 5.02 Å². The maximum atomic E-state index is 13.5. The van der Waals surface area contributed by atoms with Crippen LogP contribution in [0.4, 0.5) is 4.39 Å². The molecule has 1 aromatic heterocycles. The van der Waals surface area contributed by atoms with Crippen molar-refractivity contribution in [3.8, 4) is 11.6 Å². The second-order valence-electron chi connectivity index (χ2n) is 8.38. The highest BCUT2D eigenvalue weighted by atomic mass is 35.5. The molecule has 0 spiro atoms. The topological polar surface area (TPSA) is 77.5 Å². The molecule has 2 aromatic carbocycles. The molecular formula is C25H24ClFN2O4. The van der Waals surface area contributed by atoms with Crippen LogP contribution in [0, 0.1) is 5.82 Å². The van der Waals surface area contributed by atoms with E-state index in [2.05, 4.69) is 10.3 Å². The monoisotopic (exact) mass is 470 g/mol. The molecule has 0 saturated heterocycles. The van der Waals surface area contributed by atoms with Gasteiger partial charge in [0.15, 0.2) is 0 Å². The van der Waals surface area contributed by atoms with Crippen LogP contribution in [-0.4, -0.2) is 22.5 Å². The van der Waals surface area contributed by atoms with E-state index in [1.165, 1.54) is 30.5 Å². The molecule has 33 heavy (non-hydrogen) atoms. The van der Waals surface area contributed by atoms with Crippen molar-refractivity contribution in [3.63, 3.8) is 0 Å². The summed E-state index contributed by atoms with van der Waals surface area (Å²) < 4.78 is 24.5. The van der Waals surface area contributed by atoms with E-state index in [0.717, 1.165) is 5.56 Å². The number of carbonyl (C=O) groups is 2. The van der Waals surface area contributed by atoms with Crippen molar-refractivity contribution < 1.29 is 23.5 Å². The Balaban J connectivity index is 1.74. The molecular weight excluding hydrogens is 447 g/mol. The fourth-order valence-electron chi connectivity index (χ4n) is 2.92. The van der Waals surface area contributed by atoms with E-state index in [0.29, 0.717) is 5.56 Å². The number of ether oxygens (including phenoxy) is 2. The highest BCUT2D eigenvalue weighted by Gasteiger charge is 2.20. The second-order valence-corrected chi connectivity index (χ2v) is 8.82. The summed E-state index contributed by atoms with van der Waals surface area (Å²) >= 11 is 6.03. The van der Waals surface area contributed by atoms with Gasteiger partial charge in [-0.05, 0) is 63.6 Å². The molecule has 0 aliphatic rings. The lowest BCUT2D eigenvalue weighted by Gasteiger charge is -2.20. The number of nitrogens with zero attached hydrogens (tertiary/aromatic N) is 1. The van der Waals surface area contributed by atoms with Gasteiger partial charge in [0.1, 0.15) is 22.7 Å². The third kappa shape index (κ3) is 6.76. The van der Waals surface area contributed by atoms with E-state index in [4.69, 9.17) is 21.1 Å². The van der Waals surface area contributed by atoms with Gasteiger partial charge in [-0.15, -0.1) is 0 Å². The Bertz CT molecular complexity index is 1160. The van der Waals surface area contributed by atoms with E-state index in [1.807, 2.05) is 0 Å². The third-order valence-corrected chi connectivity index (χ3v) is 4.67. The molecule has 1 N–H and O–H groups in total. The van der Waals surface area contributed by atoms with E-state index in [-0.39, 0.29) is 22.2 Å². The van der Waals surface area contributed by atoms with E-state index >= 15 is 0 Å².